The van der Waals surface area contributed by atoms with Crippen LogP contribution in [-0.4, -0.2) is 30.4 Å². The molecule has 2 aromatic heterocycles. The minimum Gasteiger partial charge on any atom is -0.480 e. The number of aromatic nitrogens is 4. The summed E-state index contributed by atoms with van der Waals surface area (Å²) in [5.41, 5.74) is 0.636. The molecule has 2 heterocycles. The van der Waals surface area contributed by atoms with Crippen molar-refractivity contribution in [2.45, 2.75) is 13.5 Å². The van der Waals surface area contributed by atoms with Crippen molar-refractivity contribution >= 4 is 29.4 Å². The predicted octanol–water partition coefficient (Wildman–Crippen LogP) is -0.0552. The van der Waals surface area contributed by atoms with Crippen LogP contribution in [0.5, 0.6) is 0 Å². The van der Waals surface area contributed by atoms with Gasteiger partial charge in [-0.05, 0) is 6.92 Å². The third-order valence-electron chi connectivity index (χ3n) is 2.29. The molecule has 0 amide bonds. The Morgan fingerprint density at radius 3 is 2.76 bits per heavy atom. The number of carboxylic acids is 1. The molecule has 1 N–H and O–H groups in total. The molecule has 0 radical (unpaired) electrons. The third kappa shape index (κ3) is 2.14. The SMILES string of the molecule is Cc1nn(C)c2ncn(CC(=O)O)c(=O)c12.Cl. The molecule has 0 saturated carbocycles. The van der Waals surface area contributed by atoms with Crippen molar-refractivity contribution < 1.29 is 9.90 Å². The Morgan fingerprint density at radius 2 is 2.18 bits per heavy atom. The van der Waals surface area contributed by atoms with Crippen LogP contribution >= 0.6 is 12.4 Å². The van der Waals surface area contributed by atoms with Crippen LogP contribution in [-0.2, 0) is 18.4 Å². The van der Waals surface area contributed by atoms with Gasteiger partial charge in [-0.1, -0.05) is 0 Å². The molecule has 7 nitrogen and oxygen atoms in total. The fourth-order valence-electron chi connectivity index (χ4n) is 1.62. The van der Waals surface area contributed by atoms with Crippen LogP contribution in [0.2, 0.25) is 0 Å². The van der Waals surface area contributed by atoms with Crippen LogP contribution in [0.3, 0.4) is 0 Å². The van der Waals surface area contributed by atoms with Gasteiger partial charge in [0.15, 0.2) is 5.65 Å². The summed E-state index contributed by atoms with van der Waals surface area (Å²) in [6.07, 6.45) is 1.22. The number of rotatable bonds is 2. The second-order valence-corrected chi connectivity index (χ2v) is 3.48. The van der Waals surface area contributed by atoms with Crippen LogP contribution in [0.1, 0.15) is 5.69 Å². The average molecular weight is 259 g/mol. The van der Waals surface area contributed by atoms with Crippen molar-refractivity contribution in [2.24, 2.45) is 7.05 Å². The van der Waals surface area contributed by atoms with E-state index in [1.165, 1.54) is 11.0 Å². The standard InChI is InChI=1S/C9H10N4O3.ClH/c1-5-7-8(12(2)11-5)10-4-13(9(7)16)3-6(14)15;/h4H,3H2,1-2H3,(H,14,15);1H. The van der Waals surface area contributed by atoms with Crippen molar-refractivity contribution in [3.8, 4) is 0 Å². The molecule has 0 bridgehead atoms. The molecule has 0 aliphatic rings. The van der Waals surface area contributed by atoms with Gasteiger partial charge in [0.1, 0.15) is 18.3 Å². The van der Waals surface area contributed by atoms with E-state index in [9.17, 15) is 9.59 Å². The Kier molecular flexibility index (Phi) is 3.52. The van der Waals surface area contributed by atoms with Crippen molar-refractivity contribution in [2.75, 3.05) is 0 Å². The molecule has 0 aromatic carbocycles. The second-order valence-electron chi connectivity index (χ2n) is 3.48. The molecule has 0 unspecified atom stereocenters. The van der Waals surface area contributed by atoms with Crippen LogP contribution in [0.15, 0.2) is 11.1 Å². The molecule has 92 valence electrons. The van der Waals surface area contributed by atoms with E-state index in [4.69, 9.17) is 5.11 Å². The Morgan fingerprint density at radius 1 is 1.53 bits per heavy atom. The van der Waals surface area contributed by atoms with Crippen LogP contribution < -0.4 is 5.56 Å². The van der Waals surface area contributed by atoms with Gasteiger partial charge >= 0.3 is 5.97 Å². The second kappa shape index (κ2) is 4.54. The largest absolute Gasteiger partial charge is 0.480 e. The highest BCUT2D eigenvalue weighted by Crippen LogP contribution is 2.09. The minimum absolute atomic E-state index is 0. The summed E-state index contributed by atoms with van der Waals surface area (Å²) < 4.78 is 2.55. The Bertz CT molecular complexity index is 631. The van der Waals surface area contributed by atoms with Crippen molar-refractivity contribution in [1.82, 2.24) is 19.3 Å². The zero-order valence-corrected chi connectivity index (χ0v) is 10.1. The lowest BCUT2D eigenvalue weighted by molar-refractivity contribution is -0.137. The van der Waals surface area contributed by atoms with Gasteiger partial charge < -0.3 is 5.11 Å². The summed E-state index contributed by atoms with van der Waals surface area (Å²) in [4.78, 5) is 26.5. The topological polar surface area (TPSA) is 90.0 Å². The molecule has 8 heteroatoms. The van der Waals surface area contributed by atoms with Crippen LogP contribution in [0.4, 0.5) is 0 Å². The highest BCUT2D eigenvalue weighted by atomic mass is 35.5. The number of hydrogen-bond acceptors (Lipinski definition) is 4. The molecule has 0 spiro atoms. The fourth-order valence-corrected chi connectivity index (χ4v) is 1.62. The quantitative estimate of drug-likeness (QED) is 0.815. The zero-order valence-electron chi connectivity index (χ0n) is 9.25. The van der Waals surface area contributed by atoms with E-state index in [1.807, 2.05) is 0 Å². The lowest BCUT2D eigenvalue weighted by Crippen LogP contribution is -2.24. The normalized spacial score (nSPS) is 10.2. The maximum absolute atomic E-state index is 11.9. The summed E-state index contributed by atoms with van der Waals surface area (Å²) in [5.74, 6) is -1.08. The van der Waals surface area contributed by atoms with Gasteiger partial charge in [0.2, 0.25) is 0 Å². The number of nitrogens with zero attached hydrogens (tertiary/aromatic N) is 4. The molecule has 2 rings (SSSR count). The summed E-state index contributed by atoms with van der Waals surface area (Å²) in [6.45, 7) is 1.30. The number of halogens is 1. The van der Waals surface area contributed by atoms with Crippen LogP contribution in [0, 0.1) is 6.92 Å². The number of carbonyl (C=O) groups is 1. The molecule has 2 aromatic rings. The number of fused-ring (bicyclic) bond motifs is 1. The number of hydrogen-bond donors (Lipinski definition) is 1. The first-order chi connectivity index (χ1) is 7.50. The van der Waals surface area contributed by atoms with E-state index < -0.39 is 12.5 Å². The van der Waals surface area contributed by atoms with Crippen molar-refractivity contribution in [3.63, 3.8) is 0 Å². The first kappa shape index (κ1) is 13.2. The summed E-state index contributed by atoms with van der Waals surface area (Å²) in [5, 5.41) is 13.1. The van der Waals surface area contributed by atoms with E-state index in [0.29, 0.717) is 16.7 Å². The van der Waals surface area contributed by atoms with Gasteiger partial charge in [0.05, 0.1) is 5.69 Å². The van der Waals surface area contributed by atoms with Gasteiger partial charge in [-0.2, -0.15) is 5.10 Å². The Labute approximate surface area is 102 Å². The fraction of sp³-hybridized carbons (Fsp3) is 0.333. The highest BCUT2D eigenvalue weighted by molar-refractivity contribution is 5.85. The lowest BCUT2D eigenvalue weighted by Gasteiger charge is -2.01. The summed E-state index contributed by atoms with van der Waals surface area (Å²) >= 11 is 0. The number of carboxylic acid groups (broad SMARTS) is 1. The molecular formula is C9H11ClN4O3. The molecule has 0 atom stereocenters. The monoisotopic (exact) mass is 258 g/mol. The van der Waals surface area contributed by atoms with Gasteiger partial charge in [0.25, 0.3) is 5.56 Å². The maximum Gasteiger partial charge on any atom is 0.323 e. The highest BCUT2D eigenvalue weighted by Gasteiger charge is 2.13. The van der Waals surface area contributed by atoms with Gasteiger partial charge in [-0.3, -0.25) is 14.2 Å². The molecule has 0 aliphatic carbocycles. The minimum atomic E-state index is -1.08. The van der Waals surface area contributed by atoms with Gasteiger partial charge in [-0.15, -0.1) is 12.4 Å². The zero-order chi connectivity index (χ0) is 11.9. The molecule has 0 saturated heterocycles. The first-order valence-electron chi connectivity index (χ1n) is 4.61. The smallest absolute Gasteiger partial charge is 0.323 e. The Hall–Kier alpha value is -1.89. The molecular weight excluding hydrogens is 248 g/mol. The number of aliphatic carboxylic acids is 1. The molecule has 0 fully saturated rings. The predicted molar refractivity (Wildman–Crippen MR) is 62.4 cm³/mol. The van der Waals surface area contributed by atoms with E-state index in [1.54, 1.807) is 14.0 Å². The lowest BCUT2D eigenvalue weighted by atomic mass is 10.3. The van der Waals surface area contributed by atoms with Gasteiger partial charge in [-0.25, -0.2) is 9.67 Å². The van der Waals surface area contributed by atoms with Crippen molar-refractivity contribution in [1.29, 1.82) is 0 Å². The third-order valence-corrected chi connectivity index (χ3v) is 2.29. The number of aryl methyl sites for hydroxylation is 2. The van der Waals surface area contributed by atoms with Crippen molar-refractivity contribution in [3.05, 3.63) is 22.4 Å². The first-order valence-corrected chi connectivity index (χ1v) is 4.61. The summed E-state index contributed by atoms with van der Waals surface area (Å²) in [6, 6.07) is 0. The van der Waals surface area contributed by atoms with Gasteiger partial charge in [0, 0.05) is 7.05 Å². The van der Waals surface area contributed by atoms with E-state index in [0.717, 1.165) is 4.57 Å². The summed E-state index contributed by atoms with van der Waals surface area (Å²) in [7, 11) is 1.68. The average Bonchev–Trinajstić information content (AvgIpc) is 2.46. The maximum atomic E-state index is 11.9. The van der Waals surface area contributed by atoms with E-state index in [-0.39, 0.29) is 18.0 Å². The Balaban J connectivity index is 0.00000144. The molecule has 17 heavy (non-hydrogen) atoms. The molecule has 0 aliphatic heterocycles. The van der Waals surface area contributed by atoms with Crippen LogP contribution in [0.25, 0.3) is 11.0 Å². The van der Waals surface area contributed by atoms with E-state index >= 15 is 0 Å². The van der Waals surface area contributed by atoms with E-state index in [2.05, 4.69) is 10.1 Å².